The van der Waals surface area contributed by atoms with E-state index in [1.54, 1.807) is 16.8 Å². The summed E-state index contributed by atoms with van der Waals surface area (Å²) in [6.45, 7) is 2.89. The maximum Gasteiger partial charge on any atom is 0.244 e. The lowest BCUT2D eigenvalue weighted by atomic mass is 10.2. The number of aromatic nitrogens is 4. The molecule has 1 aromatic carbocycles. The van der Waals surface area contributed by atoms with Gasteiger partial charge in [0.25, 0.3) is 0 Å². The zero-order valence-electron chi connectivity index (χ0n) is 14.8. The molecule has 7 nitrogen and oxygen atoms in total. The molecule has 0 fully saturated rings. The predicted molar refractivity (Wildman–Crippen MR) is 106 cm³/mol. The van der Waals surface area contributed by atoms with E-state index in [2.05, 4.69) is 25.9 Å². The maximum atomic E-state index is 11.8. The number of aryl methyl sites for hydroxylation is 1. The Morgan fingerprint density at radius 3 is 2.70 bits per heavy atom. The number of nitrogens with zero attached hydrogens (tertiary/aromatic N) is 4. The van der Waals surface area contributed by atoms with Crippen LogP contribution in [0.25, 0.3) is 11.9 Å². The summed E-state index contributed by atoms with van der Waals surface area (Å²) in [7, 11) is 0. The third-order valence-corrected chi connectivity index (χ3v) is 4.00. The predicted octanol–water partition coefficient (Wildman–Crippen LogP) is 2.87. The van der Waals surface area contributed by atoms with Gasteiger partial charge in [-0.25, -0.2) is 4.68 Å². The van der Waals surface area contributed by atoms with E-state index in [9.17, 15) is 4.79 Å². The van der Waals surface area contributed by atoms with Gasteiger partial charge in [-0.2, -0.15) is 5.10 Å². The van der Waals surface area contributed by atoms with Crippen molar-refractivity contribution in [2.24, 2.45) is 0 Å². The van der Waals surface area contributed by atoms with E-state index < -0.39 is 0 Å². The Morgan fingerprint density at radius 2 is 2.00 bits per heavy atom. The number of amides is 1. The first-order valence-corrected chi connectivity index (χ1v) is 8.80. The minimum absolute atomic E-state index is 0.188. The molecule has 0 aliphatic heterocycles. The fraction of sp³-hybridized carbons (Fsp3) is 0.158. The van der Waals surface area contributed by atoms with E-state index in [1.807, 2.05) is 49.5 Å². The topological polar surface area (TPSA) is 84.7 Å². The van der Waals surface area contributed by atoms with E-state index in [-0.39, 0.29) is 5.91 Å². The van der Waals surface area contributed by atoms with E-state index >= 15 is 0 Å². The van der Waals surface area contributed by atoms with Gasteiger partial charge in [0.05, 0.1) is 5.69 Å². The van der Waals surface area contributed by atoms with Gasteiger partial charge in [0.1, 0.15) is 5.82 Å². The summed E-state index contributed by atoms with van der Waals surface area (Å²) < 4.78 is 1.66. The number of rotatable bonds is 7. The van der Waals surface area contributed by atoms with Crippen LogP contribution in [0.4, 0.5) is 5.82 Å². The van der Waals surface area contributed by atoms with Crippen molar-refractivity contribution >= 4 is 29.4 Å². The van der Waals surface area contributed by atoms with Gasteiger partial charge in [-0.15, -0.1) is 10.2 Å². The number of anilines is 1. The lowest BCUT2D eigenvalue weighted by Gasteiger charge is -2.06. The van der Waals surface area contributed by atoms with Crippen LogP contribution in [0.3, 0.4) is 0 Å². The first-order valence-electron chi connectivity index (χ1n) is 8.42. The number of hydrogen-bond donors (Lipinski definition) is 2. The number of hydrogen-bond acceptors (Lipinski definition) is 5. The van der Waals surface area contributed by atoms with Crippen molar-refractivity contribution in [2.45, 2.75) is 6.92 Å². The summed E-state index contributed by atoms with van der Waals surface area (Å²) in [5, 5.41) is 19.0. The highest BCUT2D eigenvalue weighted by Gasteiger charge is 2.02. The molecule has 3 aromatic rings. The molecule has 3 rings (SSSR count). The lowest BCUT2D eigenvalue weighted by molar-refractivity contribution is -0.116. The van der Waals surface area contributed by atoms with Gasteiger partial charge < -0.3 is 10.6 Å². The zero-order valence-corrected chi connectivity index (χ0v) is 15.5. The third-order valence-electron chi connectivity index (χ3n) is 3.66. The highest BCUT2D eigenvalue weighted by atomic mass is 35.5. The van der Waals surface area contributed by atoms with Gasteiger partial charge >= 0.3 is 0 Å². The number of halogens is 1. The Labute approximate surface area is 162 Å². The SMILES string of the molecule is Cc1ccn(-c2ccc(NCCNC(=O)/C=C/c3ccccc3Cl)nn2)n1. The normalized spacial score (nSPS) is 10.9. The van der Waals surface area contributed by atoms with Crippen molar-refractivity contribution in [3.8, 4) is 5.82 Å². The van der Waals surface area contributed by atoms with Crippen molar-refractivity contribution in [3.05, 3.63) is 71.0 Å². The van der Waals surface area contributed by atoms with Crippen molar-refractivity contribution < 1.29 is 4.79 Å². The fourth-order valence-electron chi connectivity index (χ4n) is 2.30. The standard InChI is InChI=1S/C19H19ClN6O/c1-14-10-13-26(25-14)18-8-7-17(23-24-18)21-11-12-22-19(27)9-6-15-4-2-3-5-16(15)20/h2-10,13H,11-12H2,1H3,(H,21,23)(H,22,27)/b9-6+. The van der Waals surface area contributed by atoms with Crippen molar-refractivity contribution in [1.29, 1.82) is 0 Å². The summed E-state index contributed by atoms with van der Waals surface area (Å²) in [5.41, 5.74) is 1.72. The maximum absolute atomic E-state index is 11.8. The summed E-state index contributed by atoms with van der Waals surface area (Å²) >= 11 is 6.04. The Balaban J connectivity index is 1.42. The first kappa shape index (κ1) is 18.6. The molecule has 0 saturated carbocycles. The summed E-state index contributed by atoms with van der Waals surface area (Å²) in [4.78, 5) is 11.8. The molecule has 8 heteroatoms. The van der Waals surface area contributed by atoms with E-state index in [0.717, 1.165) is 11.3 Å². The molecule has 0 unspecified atom stereocenters. The second kappa shape index (κ2) is 8.95. The monoisotopic (exact) mass is 382 g/mol. The average Bonchev–Trinajstić information content (AvgIpc) is 3.11. The van der Waals surface area contributed by atoms with Crippen LogP contribution in [-0.2, 0) is 4.79 Å². The molecule has 27 heavy (non-hydrogen) atoms. The van der Waals surface area contributed by atoms with E-state index in [4.69, 9.17) is 11.6 Å². The Hall–Kier alpha value is -3.19. The van der Waals surface area contributed by atoms with Crippen molar-refractivity contribution in [3.63, 3.8) is 0 Å². The second-order valence-electron chi connectivity index (χ2n) is 5.75. The number of carbonyl (C=O) groups is 1. The van der Waals surface area contributed by atoms with Crippen LogP contribution in [0.5, 0.6) is 0 Å². The van der Waals surface area contributed by atoms with Gasteiger partial charge in [0.15, 0.2) is 5.82 Å². The van der Waals surface area contributed by atoms with Gasteiger partial charge in [-0.05, 0) is 42.8 Å². The van der Waals surface area contributed by atoms with Crippen molar-refractivity contribution in [2.75, 3.05) is 18.4 Å². The number of nitrogens with one attached hydrogen (secondary N) is 2. The highest BCUT2D eigenvalue weighted by molar-refractivity contribution is 6.32. The van der Waals surface area contributed by atoms with Gasteiger partial charge in [0.2, 0.25) is 5.91 Å². The van der Waals surface area contributed by atoms with Gasteiger partial charge in [-0.1, -0.05) is 29.8 Å². The van der Waals surface area contributed by atoms with Crippen LogP contribution >= 0.6 is 11.6 Å². The second-order valence-corrected chi connectivity index (χ2v) is 6.16. The molecule has 0 aliphatic rings. The minimum atomic E-state index is -0.188. The number of carbonyl (C=O) groups excluding carboxylic acids is 1. The molecular formula is C19H19ClN6O. The van der Waals surface area contributed by atoms with Crippen LogP contribution < -0.4 is 10.6 Å². The molecule has 2 N–H and O–H groups in total. The molecule has 0 aliphatic carbocycles. The molecule has 0 radical (unpaired) electrons. The smallest absolute Gasteiger partial charge is 0.244 e. The van der Waals surface area contributed by atoms with Gasteiger partial charge in [0, 0.05) is 30.4 Å². The van der Waals surface area contributed by atoms with Crippen molar-refractivity contribution in [1.82, 2.24) is 25.3 Å². The number of benzene rings is 1. The summed E-state index contributed by atoms with van der Waals surface area (Å²) in [6, 6.07) is 12.9. The molecule has 2 aromatic heterocycles. The minimum Gasteiger partial charge on any atom is -0.367 e. The Morgan fingerprint density at radius 1 is 1.15 bits per heavy atom. The molecule has 0 saturated heterocycles. The van der Waals surface area contributed by atoms with E-state index in [1.165, 1.54) is 6.08 Å². The quantitative estimate of drug-likeness (QED) is 0.485. The highest BCUT2D eigenvalue weighted by Crippen LogP contribution is 2.16. The molecule has 0 spiro atoms. The van der Waals surface area contributed by atoms with Crippen LogP contribution in [0, 0.1) is 6.92 Å². The van der Waals surface area contributed by atoms with E-state index in [0.29, 0.717) is 29.7 Å². The molecule has 1 amide bonds. The molecule has 138 valence electrons. The first-order chi connectivity index (χ1) is 13.1. The zero-order chi connectivity index (χ0) is 19.1. The van der Waals surface area contributed by atoms with Crippen LogP contribution in [0.2, 0.25) is 5.02 Å². The molecule has 2 heterocycles. The Bertz CT molecular complexity index is 935. The molecular weight excluding hydrogens is 364 g/mol. The fourth-order valence-corrected chi connectivity index (χ4v) is 2.49. The van der Waals surface area contributed by atoms with Crippen LogP contribution in [0.15, 0.2) is 54.7 Å². The van der Waals surface area contributed by atoms with Gasteiger partial charge in [-0.3, -0.25) is 4.79 Å². The average molecular weight is 383 g/mol. The van der Waals surface area contributed by atoms with Crippen LogP contribution in [-0.4, -0.2) is 39.0 Å². The Kier molecular flexibility index (Phi) is 6.17. The largest absolute Gasteiger partial charge is 0.367 e. The molecule has 0 bridgehead atoms. The third kappa shape index (κ3) is 5.39. The lowest BCUT2D eigenvalue weighted by Crippen LogP contribution is -2.27. The van der Waals surface area contributed by atoms with Crippen LogP contribution in [0.1, 0.15) is 11.3 Å². The summed E-state index contributed by atoms with van der Waals surface area (Å²) in [6.07, 6.45) is 4.98. The summed E-state index contributed by atoms with van der Waals surface area (Å²) in [5.74, 6) is 1.09. The molecule has 0 atom stereocenters.